The molecular weight excluding hydrogens is 218 g/mol. The van der Waals surface area contributed by atoms with E-state index < -0.39 is 0 Å². The van der Waals surface area contributed by atoms with Crippen molar-refractivity contribution < 1.29 is 4.79 Å². The van der Waals surface area contributed by atoms with Crippen molar-refractivity contribution in [1.29, 1.82) is 0 Å². The van der Waals surface area contributed by atoms with Gasteiger partial charge in [-0.15, -0.1) is 0 Å². The lowest BCUT2D eigenvalue weighted by Crippen LogP contribution is -2.21. The van der Waals surface area contributed by atoms with E-state index in [0.717, 1.165) is 0 Å². The van der Waals surface area contributed by atoms with Gasteiger partial charge >= 0.3 is 0 Å². The monoisotopic (exact) mass is 237 g/mol. The molecule has 1 unspecified atom stereocenters. The fourth-order valence-electron chi connectivity index (χ4n) is 1.43. The van der Waals surface area contributed by atoms with Crippen LogP contribution in [0.2, 0.25) is 0 Å². The van der Waals surface area contributed by atoms with E-state index in [-0.39, 0.29) is 17.5 Å². The number of nitrogens with two attached hydrogens (primary N) is 1. The quantitative estimate of drug-likeness (QED) is 0.800. The highest BCUT2D eigenvalue weighted by Gasteiger charge is 2.05. The highest BCUT2D eigenvalue weighted by atomic mass is 16.1. The molecule has 0 saturated carbocycles. The van der Waals surface area contributed by atoms with Crippen LogP contribution in [0.25, 0.3) is 0 Å². The van der Waals surface area contributed by atoms with Gasteiger partial charge in [0.25, 0.3) is 5.56 Å². The second-order valence-corrected chi connectivity index (χ2v) is 4.11. The van der Waals surface area contributed by atoms with Gasteiger partial charge in [-0.05, 0) is 26.3 Å². The molecule has 0 fully saturated rings. The van der Waals surface area contributed by atoms with Gasteiger partial charge in [-0.3, -0.25) is 9.59 Å². The predicted octanol–water partition coefficient (Wildman–Crippen LogP) is 0.934. The maximum atomic E-state index is 11.5. The average molecular weight is 237 g/mol. The normalized spacial score (nSPS) is 12.2. The van der Waals surface area contributed by atoms with E-state index >= 15 is 0 Å². The fourth-order valence-corrected chi connectivity index (χ4v) is 1.43. The Balaban J connectivity index is 2.62. The van der Waals surface area contributed by atoms with Gasteiger partial charge in [0.1, 0.15) is 0 Å². The average Bonchev–Trinajstić information content (AvgIpc) is 2.29. The molecule has 94 valence electrons. The molecule has 1 heterocycles. The molecule has 0 aliphatic rings. The number of aryl methyl sites for hydroxylation is 1. The summed E-state index contributed by atoms with van der Waals surface area (Å²) < 4.78 is 1.54. The highest BCUT2D eigenvalue weighted by molar-refractivity contribution is 5.90. The van der Waals surface area contributed by atoms with Crippen LogP contribution in [0.15, 0.2) is 23.1 Å². The van der Waals surface area contributed by atoms with Crippen molar-refractivity contribution in [2.45, 2.75) is 39.3 Å². The Morgan fingerprint density at radius 3 is 2.82 bits per heavy atom. The van der Waals surface area contributed by atoms with Crippen molar-refractivity contribution in [3.8, 4) is 0 Å². The van der Waals surface area contributed by atoms with Gasteiger partial charge in [-0.1, -0.05) is 0 Å². The molecule has 0 radical (unpaired) electrons. The topological polar surface area (TPSA) is 77.1 Å². The van der Waals surface area contributed by atoms with E-state index in [1.807, 2.05) is 13.8 Å². The van der Waals surface area contributed by atoms with E-state index in [4.69, 9.17) is 5.73 Å². The summed E-state index contributed by atoms with van der Waals surface area (Å²) in [6.07, 6.45) is 2.69. The lowest BCUT2D eigenvalue weighted by atomic mass is 10.2. The van der Waals surface area contributed by atoms with E-state index in [2.05, 4.69) is 5.32 Å². The zero-order chi connectivity index (χ0) is 12.8. The Labute approximate surface area is 101 Å². The summed E-state index contributed by atoms with van der Waals surface area (Å²) in [5.74, 6) is -0.0800. The third-order valence-electron chi connectivity index (χ3n) is 2.43. The number of hydrogen-bond donors (Lipinski definition) is 2. The number of anilines is 1. The minimum atomic E-state index is -0.0800. The predicted molar refractivity (Wildman–Crippen MR) is 67.9 cm³/mol. The summed E-state index contributed by atoms with van der Waals surface area (Å²) in [5, 5.41) is 2.74. The van der Waals surface area contributed by atoms with Crippen molar-refractivity contribution in [2.24, 2.45) is 5.73 Å². The zero-order valence-electron chi connectivity index (χ0n) is 10.3. The highest BCUT2D eigenvalue weighted by Crippen LogP contribution is 2.05. The molecule has 0 aliphatic heterocycles. The SMILES string of the molecule is CCn1cc(NC(=O)CCC(C)N)ccc1=O. The summed E-state index contributed by atoms with van der Waals surface area (Å²) in [6, 6.07) is 3.08. The number of hydrogen-bond acceptors (Lipinski definition) is 3. The third kappa shape index (κ3) is 4.40. The number of amides is 1. The number of pyridine rings is 1. The van der Waals surface area contributed by atoms with Crippen molar-refractivity contribution >= 4 is 11.6 Å². The molecular formula is C12H19N3O2. The van der Waals surface area contributed by atoms with Gasteiger partial charge in [0.2, 0.25) is 5.91 Å². The molecule has 17 heavy (non-hydrogen) atoms. The minimum Gasteiger partial charge on any atom is -0.328 e. The maximum absolute atomic E-state index is 11.5. The van der Waals surface area contributed by atoms with Gasteiger partial charge in [0.05, 0.1) is 5.69 Å². The van der Waals surface area contributed by atoms with Crippen LogP contribution in [-0.4, -0.2) is 16.5 Å². The molecule has 1 aromatic rings. The number of nitrogens with one attached hydrogen (secondary N) is 1. The maximum Gasteiger partial charge on any atom is 0.250 e. The second kappa shape index (κ2) is 6.20. The van der Waals surface area contributed by atoms with E-state index in [1.165, 1.54) is 6.07 Å². The first kappa shape index (κ1) is 13.4. The van der Waals surface area contributed by atoms with Gasteiger partial charge in [-0.25, -0.2) is 0 Å². The van der Waals surface area contributed by atoms with E-state index in [0.29, 0.717) is 25.1 Å². The summed E-state index contributed by atoms with van der Waals surface area (Å²) in [6.45, 7) is 4.33. The van der Waals surface area contributed by atoms with E-state index in [9.17, 15) is 9.59 Å². The molecule has 1 atom stereocenters. The molecule has 0 spiro atoms. The Bertz CT molecular complexity index is 438. The van der Waals surface area contributed by atoms with Crippen LogP contribution in [0.5, 0.6) is 0 Å². The van der Waals surface area contributed by atoms with Crippen molar-refractivity contribution in [3.63, 3.8) is 0 Å². The standard InChI is InChI=1S/C12H19N3O2/c1-3-15-8-10(5-7-12(15)17)14-11(16)6-4-9(2)13/h5,7-9H,3-4,6,13H2,1-2H3,(H,14,16). The molecule has 1 rings (SSSR count). The van der Waals surface area contributed by atoms with Crippen LogP contribution < -0.4 is 16.6 Å². The van der Waals surface area contributed by atoms with Crippen LogP contribution in [0, 0.1) is 0 Å². The minimum absolute atomic E-state index is 0.0188. The zero-order valence-corrected chi connectivity index (χ0v) is 10.3. The van der Waals surface area contributed by atoms with E-state index in [1.54, 1.807) is 16.8 Å². The molecule has 0 bridgehead atoms. The summed E-state index contributed by atoms with van der Waals surface area (Å²) in [7, 11) is 0. The largest absolute Gasteiger partial charge is 0.328 e. The van der Waals surface area contributed by atoms with Crippen molar-refractivity contribution in [2.75, 3.05) is 5.32 Å². The third-order valence-corrected chi connectivity index (χ3v) is 2.43. The molecule has 5 nitrogen and oxygen atoms in total. The Morgan fingerprint density at radius 1 is 1.53 bits per heavy atom. The summed E-state index contributed by atoms with van der Waals surface area (Å²) in [5.41, 5.74) is 6.15. The molecule has 1 amide bonds. The molecule has 1 aromatic heterocycles. The first-order valence-electron chi connectivity index (χ1n) is 5.79. The number of rotatable bonds is 5. The van der Waals surface area contributed by atoms with Crippen LogP contribution in [0.4, 0.5) is 5.69 Å². The second-order valence-electron chi connectivity index (χ2n) is 4.11. The van der Waals surface area contributed by atoms with Gasteiger partial charge in [0, 0.05) is 31.3 Å². The molecule has 0 aromatic carbocycles. The van der Waals surface area contributed by atoms with Gasteiger partial charge in [-0.2, -0.15) is 0 Å². The summed E-state index contributed by atoms with van der Waals surface area (Å²) in [4.78, 5) is 22.9. The lowest BCUT2D eigenvalue weighted by molar-refractivity contribution is -0.116. The summed E-state index contributed by atoms with van der Waals surface area (Å²) >= 11 is 0. The van der Waals surface area contributed by atoms with Crippen LogP contribution in [-0.2, 0) is 11.3 Å². The molecule has 0 saturated heterocycles. The van der Waals surface area contributed by atoms with Crippen molar-refractivity contribution in [1.82, 2.24) is 4.57 Å². The van der Waals surface area contributed by atoms with Crippen LogP contribution in [0.1, 0.15) is 26.7 Å². The first-order valence-corrected chi connectivity index (χ1v) is 5.79. The van der Waals surface area contributed by atoms with Gasteiger partial charge in [0.15, 0.2) is 0 Å². The smallest absolute Gasteiger partial charge is 0.250 e. The Kier molecular flexibility index (Phi) is 4.90. The van der Waals surface area contributed by atoms with Crippen LogP contribution >= 0.6 is 0 Å². The molecule has 5 heteroatoms. The Morgan fingerprint density at radius 2 is 2.24 bits per heavy atom. The number of carbonyl (C=O) groups excluding carboxylic acids is 1. The molecule has 3 N–H and O–H groups in total. The first-order chi connectivity index (χ1) is 8.02. The van der Waals surface area contributed by atoms with Crippen LogP contribution in [0.3, 0.4) is 0 Å². The van der Waals surface area contributed by atoms with Crippen molar-refractivity contribution in [3.05, 3.63) is 28.7 Å². The Hall–Kier alpha value is -1.62. The number of aromatic nitrogens is 1. The molecule has 0 aliphatic carbocycles. The van der Waals surface area contributed by atoms with Gasteiger partial charge < -0.3 is 15.6 Å². The lowest BCUT2D eigenvalue weighted by Gasteiger charge is -2.08. The number of nitrogens with zero attached hydrogens (tertiary/aromatic N) is 1. The fraction of sp³-hybridized carbons (Fsp3) is 0.500. The number of carbonyl (C=O) groups is 1.